The normalized spacial score (nSPS) is 17.3. The fourth-order valence-electron chi connectivity index (χ4n) is 2.51. The monoisotopic (exact) mass is 303 g/mol. The van der Waals surface area contributed by atoms with E-state index in [4.69, 9.17) is 4.74 Å². The van der Waals surface area contributed by atoms with Crippen LogP contribution in [-0.2, 0) is 4.74 Å². The molecule has 0 bridgehead atoms. The van der Waals surface area contributed by atoms with Crippen molar-refractivity contribution in [3.63, 3.8) is 0 Å². The molecule has 0 radical (unpaired) electrons. The number of likely N-dealkylation sites (N-methyl/N-ethyl adjacent to an activating group) is 1. The Labute approximate surface area is 132 Å². The molecule has 5 heteroatoms. The van der Waals surface area contributed by atoms with E-state index < -0.39 is 6.09 Å². The van der Waals surface area contributed by atoms with Gasteiger partial charge in [-0.2, -0.15) is 0 Å². The van der Waals surface area contributed by atoms with Crippen LogP contribution < -0.4 is 5.32 Å². The van der Waals surface area contributed by atoms with Gasteiger partial charge in [-0.15, -0.1) is 0 Å². The first-order valence-electron chi connectivity index (χ1n) is 7.98. The molecule has 1 amide bonds. The van der Waals surface area contributed by atoms with E-state index in [0.717, 1.165) is 12.8 Å². The van der Waals surface area contributed by atoms with E-state index in [-0.39, 0.29) is 6.04 Å². The number of amides is 1. The SMILES string of the molecule is CCCCCCOC(=O)NC1=NCC(c2ccccc2)N1C. The number of hydrogen-bond donors (Lipinski definition) is 1. The van der Waals surface area contributed by atoms with Crippen molar-refractivity contribution in [3.8, 4) is 0 Å². The minimum atomic E-state index is -0.421. The average molecular weight is 303 g/mol. The van der Waals surface area contributed by atoms with Crippen molar-refractivity contribution in [2.24, 2.45) is 4.99 Å². The third kappa shape index (κ3) is 4.48. The Morgan fingerprint density at radius 2 is 2.09 bits per heavy atom. The van der Waals surface area contributed by atoms with Gasteiger partial charge in [-0.25, -0.2) is 4.79 Å². The topological polar surface area (TPSA) is 53.9 Å². The molecule has 22 heavy (non-hydrogen) atoms. The summed E-state index contributed by atoms with van der Waals surface area (Å²) in [6.45, 7) is 3.27. The van der Waals surface area contributed by atoms with Crippen molar-refractivity contribution >= 4 is 12.1 Å². The summed E-state index contributed by atoms with van der Waals surface area (Å²) < 4.78 is 5.18. The molecule has 120 valence electrons. The number of ether oxygens (including phenoxy) is 1. The van der Waals surface area contributed by atoms with Crippen molar-refractivity contribution in [1.82, 2.24) is 10.2 Å². The van der Waals surface area contributed by atoms with Crippen molar-refractivity contribution in [1.29, 1.82) is 0 Å². The Kier molecular flexibility index (Phi) is 6.25. The first-order valence-corrected chi connectivity index (χ1v) is 7.98. The fourth-order valence-corrected chi connectivity index (χ4v) is 2.51. The molecule has 0 fully saturated rings. The molecule has 1 heterocycles. The summed E-state index contributed by atoms with van der Waals surface area (Å²) in [5, 5.41) is 2.73. The fraction of sp³-hybridized carbons (Fsp3) is 0.529. The quantitative estimate of drug-likeness (QED) is 0.820. The molecule has 0 saturated carbocycles. The second-order valence-corrected chi connectivity index (χ2v) is 5.52. The minimum absolute atomic E-state index is 0.168. The van der Waals surface area contributed by atoms with Crippen LogP contribution >= 0.6 is 0 Å². The third-order valence-electron chi connectivity index (χ3n) is 3.84. The molecule has 0 aliphatic carbocycles. The van der Waals surface area contributed by atoms with Gasteiger partial charge in [-0.1, -0.05) is 56.5 Å². The first-order chi connectivity index (χ1) is 10.7. The zero-order chi connectivity index (χ0) is 15.8. The number of benzene rings is 1. The molecular weight excluding hydrogens is 278 g/mol. The second-order valence-electron chi connectivity index (χ2n) is 5.52. The van der Waals surface area contributed by atoms with E-state index in [2.05, 4.69) is 29.4 Å². The van der Waals surface area contributed by atoms with Crippen LogP contribution in [0.15, 0.2) is 35.3 Å². The highest BCUT2D eigenvalue weighted by Crippen LogP contribution is 2.23. The molecule has 0 saturated heterocycles. The molecular formula is C17H25N3O2. The zero-order valence-corrected chi connectivity index (χ0v) is 13.4. The molecule has 1 atom stereocenters. The molecule has 1 aliphatic rings. The highest BCUT2D eigenvalue weighted by Gasteiger charge is 2.27. The summed E-state index contributed by atoms with van der Waals surface area (Å²) >= 11 is 0. The standard InChI is InChI=1S/C17H25N3O2/c1-3-4-5-9-12-22-17(21)19-16-18-13-15(20(16)2)14-10-7-6-8-11-14/h6-8,10-11,15H,3-5,9,12-13H2,1-2H3,(H,18,19,21). The number of hydrogen-bond acceptors (Lipinski definition) is 4. The maximum atomic E-state index is 11.8. The number of aliphatic imine (C=N–C) groups is 1. The lowest BCUT2D eigenvalue weighted by molar-refractivity contribution is 0.148. The Morgan fingerprint density at radius 1 is 1.32 bits per heavy atom. The number of nitrogens with zero attached hydrogens (tertiary/aromatic N) is 2. The van der Waals surface area contributed by atoms with E-state index in [1.54, 1.807) is 0 Å². The van der Waals surface area contributed by atoms with E-state index in [1.165, 1.54) is 18.4 Å². The molecule has 2 rings (SSSR count). The van der Waals surface area contributed by atoms with Gasteiger partial charge in [-0.3, -0.25) is 10.3 Å². The summed E-state index contributed by atoms with van der Waals surface area (Å²) in [7, 11) is 1.94. The Bertz CT molecular complexity index is 502. The van der Waals surface area contributed by atoms with Gasteiger partial charge in [0.15, 0.2) is 0 Å². The summed E-state index contributed by atoms with van der Waals surface area (Å²) in [5.74, 6) is 0.576. The van der Waals surface area contributed by atoms with Crippen molar-refractivity contribution in [3.05, 3.63) is 35.9 Å². The predicted octanol–water partition coefficient (Wildman–Crippen LogP) is 3.34. The van der Waals surface area contributed by atoms with Gasteiger partial charge in [0.05, 0.1) is 19.2 Å². The molecule has 5 nitrogen and oxygen atoms in total. The number of alkyl carbamates (subject to hydrolysis) is 1. The first kappa shape index (κ1) is 16.3. The van der Waals surface area contributed by atoms with Crippen molar-refractivity contribution < 1.29 is 9.53 Å². The summed E-state index contributed by atoms with van der Waals surface area (Å²) in [4.78, 5) is 18.2. The number of rotatable bonds is 6. The molecule has 1 aliphatic heterocycles. The maximum absolute atomic E-state index is 11.8. The smallest absolute Gasteiger partial charge is 0.413 e. The molecule has 1 N–H and O–H groups in total. The Morgan fingerprint density at radius 3 is 2.82 bits per heavy atom. The number of carbonyl (C=O) groups excluding carboxylic acids is 1. The van der Waals surface area contributed by atoms with Crippen LogP contribution in [0.2, 0.25) is 0 Å². The van der Waals surface area contributed by atoms with Crippen LogP contribution in [0.3, 0.4) is 0 Å². The number of nitrogens with one attached hydrogen (secondary N) is 1. The highest BCUT2D eigenvalue weighted by atomic mass is 16.5. The van der Waals surface area contributed by atoms with Crippen molar-refractivity contribution in [2.75, 3.05) is 20.2 Å². The minimum Gasteiger partial charge on any atom is -0.449 e. The zero-order valence-electron chi connectivity index (χ0n) is 13.4. The van der Waals surface area contributed by atoms with Crippen molar-refractivity contribution in [2.45, 2.75) is 38.6 Å². The summed E-state index contributed by atoms with van der Waals surface area (Å²) in [6, 6.07) is 10.3. The van der Waals surface area contributed by atoms with Crippen LogP contribution in [0.4, 0.5) is 4.79 Å². The average Bonchev–Trinajstić information content (AvgIpc) is 2.89. The predicted molar refractivity (Wildman–Crippen MR) is 87.9 cm³/mol. The van der Waals surface area contributed by atoms with Gasteiger partial charge in [0.1, 0.15) is 0 Å². The molecule has 1 aromatic carbocycles. The van der Waals surface area contributed by atoms with Gasteiger partial charge in [0.25, 0.3) is 0 Å². The van der Waals surface area contributed by atoms with Crippen LogP contribution in [0.25, 0.3) is 0 Å². The van der Waals surface area contributed by atoms with E-state index >= 15 is 0 Å². The lowest BCUT2D eigenvalue weighted by Gasteiger charge is -2.23. The Balaban J connectivity index is 1.76. The number of guanidine groups is 1. The summed E-state index contributed by atoms with van der Waals surface area (Å²) in [6.07, 6.45) is 3.95. The van der Waals surface area contributed by atoms with Crippen LogP contribution in [-0.4, -0.2) is 37.2 Å². The van der Waals surface area contributed by atoms with Crippen LogP contribution in [0.1, 0.15) is 44.2 Å². The second kappa shape index (κ2) is 8.41. The van der Waals surface area contributed by atoms with Gasteiger partial charge >= 0.3 is 6.09 Å². The number of carbonyl (C=O) groups is 1. The maximum Gasteiger partial charge on any atom is 0.413 e. The summed E-state index contributed by atoms with van der Waals surface area (Å²) in [5.41, 5.74) is 1.19. The largest absolute Gasteiger partial charge is 0.449 e. The lowest BCUT2D eigenvalue weighted by Crippen LogP contribution is -2.40. The third-order valence-corrected chi connectivity index (χ3v) is 3.84. The van der Waals surface area contributed by atoms with Crippen LogP contribution in [0, 0.1) is 0 Å². The molecule has 0 spiro atoms. The van der Waals surface area contributed by atoms with Gasteiger partial charge in [-0.05, 0) is 12.0 Å². The Hall–Kier alpha value is -2.04. The number of unbranched alkanes of at least 4 members (excludes halogenated alkanes) is 3. The molecule has 1 aromatic rings. The van der Waals surface area contributed by atoms with E-state index in [1.807, 2.05) is 30.1 Å². The van der Waals surface area contributed by atoms with Gasteiger partial charge < -0.3 is 9.64 Å². The lowest BCUT2D eigenvalue weighted by atomic mass is 10.1. The van der Waals surface area contributed by atoms with Crippen LogP contribution in [0.5, 0.6) is 0 Å². The highest BCUT2D eigenvalue weighted by molar-refractivity contribution is 5.94. The van der Waals surface area contributed by atoms with Gasteiger partial charge in [0.2, 0.25) is 5.96 Å². The molecule has 1 unspecified atom stereocenters. The molecule has 0 aromatic heterocycles. The van der Waals surface area contributed by atoms with E-state index in [9.17, 15) is 4.79 Å². The van der Waals surface area contributed by atoms with E-state index in [0.29, 0.717) is 19.1 Å². The van der Waals surface area contributed by atoms with Gasteiger partial charge in [0, 0.05) is 7.05 Å².